The van der Waals surface area contributed by atoms with Crippen LogP contribution in [0.4, 0.5) is 4.39 Å². The summed E-state index contributed by atoms with van der Waals surface area (Å²) in [6.45, 7) is 0. The fraction of sp³-hybridized carbons (Fsp3) is 0.167. The average molecular weight is 310 g/mol. The lowest BCUT2D eigenvalue weighted by Gasteiger charge is -2.05. The highest BCUT2D eigenvalue weighted by atomic mass is 79.9. The van der Waals surface area contributed by atoms with Crippen molar-refractivity contribution in [1.29, 1.82) is 5.26 Å². The van der Waals surface area contributed by atoms with Crippen molar-refractivity contribution in [2.24, 2.45) is 7.05 Å². The molecule has 1 heterocycles. The molecule has 0 fully saturated rings. The Morgan fingerprint density at radius 2 is 2.22 bits per heavy atom. The van der Waals surface area contributed by atoms with E-state index in [9.17, 15) is 4.39 Å². The number of aromatic nitrogens is 2. The number of ether oxygens (including phenoxy) is 1. The Bertz CT molecular complexity index is 646. The van der Waals surface area contributed by atoms with Gasteiger partial charge in [-0.1, -0.05) is 0 Å². The van der Waals surface area contributed by atoms with Crippen molar-refractivity contribution in [1.82, 2.24) is 9.55 Å². The maximum Gasteiger partial charge on any atom is 0.173 e. The van der Waals surface area contributed by atoms with Crippen LogP contribution in [-0.4, -0.2) is 16.7 Å². The van der Waals surface area contributed by atoms with Crippen molar-refractivity contribution in [2.75, 3.05) is 7.11 Å². The predicted octanol–water partition coefficient (Wildman–Crippen LogP) is 2.87. The smallest absolute Gasteiger partial charge is 0.173 e. The minimum Gasteiger partial charge on any atom is -0.494 e. The van der Waals surface area contributed by atoms with Gasteiger partial charge in [-0.25, -0.2) is 9.37 Å². The van der Waals surface area contributed by atoms with Crippen LogP contribution in [0, 0.1) is 17.1 Å². The molecule has 0 spiro atoms. The lowest BCUT2D eigenvalue weighted by Crippen LogP contribution is -1.94. The molecule has 2 aromatic rings. The van der Waals surface area contributed by atoms with Gasteiger partial charge < -0.3 is 9.30 Å². The second-order valence-corrected chi connectivity index (χ2v) is 4.35. The van der Waals surface area contributed by atoms with Gasteiger partial charge in [0.15, 0.2) is 17.3 Å². The second-order valence-electron chi connectivity index (χ2n) is 3.59. The Labute approximate surface area is 112 Å². The number of nitriles is 1. The first-order chi connectivity index (χ1) is 8.58. The van der Waals surface area contributed by atoms with E-state index in [1.54, 1.807) is 17.7 Å². The first kappa shape index (κ1) is 12.6. The summed E-state index contributed by atoms with van der Waals surface area (Å²) in [5.41, 5.74) is 0.849. The van der Waals surface area contributed by atoms with E-state index in [2.05, 4.69) is 20.9 Å². The monoisotopic (exact) mass is 309 g/mol. The minimum absolute atomic E-state index is 0.174. The van der Waals surface area contributed by atoms with Gasteiger partial charge in [-0.2, -0.15) is 5.26 Å². The van der Waals surface area contributed by atoms with Gasteiger partial charge in [0.1, 0.15) is 16.5 Å². The minimum atomic E-state index is -0.465. The molecule has 92 valence electrons. The molecule has 18 heavy (non-hydrogen) atoms. The number of nitrogens with zero attached hydrogens (tertiary/aromatic N) is 3. The van der Waals surface area contributed by atoms with Crippen LogP contribution in [0.3, 0.4) is 0 Å². The van der Waals surface area contributed by atoms with E-state index < -0.39 is 5.82 Å². The number of imidazole rings is 1. The highest BCUT2D eigenvalue weighted by Gasteiger charge is 2.15. The van der Waals surface area contributed by atoms with Gasteiger partial charge in [0.2, 0.25) is 0 Å². The van der Waals surface area contributed by atoms with Crippen molar-refractivity contribution in [2.45, 2.75) is 0 Å². The summed E-state index contributed by atoms with van der Waals surface area (Å²) in [6.07, 6.45) is 0. The number of methoxy groups -OCH3 is 1. The molecule has 0 atom stereocenters. The van der Waals surface area contributed by atoms with Gasteiger partial charge in [0.05, 0.1) is 7.11 Å². The maximum absolute atomic E-state index is 13.6. The first-order valence-electron chi connectivity index (χ1n) is 5.04. The molecule has 0 N–H and O–H groups in total. The highest BCUT2D eigenvalue weighted by Crippen LogP contribution is 2.28. The van der Waals surface area contributed by atoms with Crippen LogP contribution in [0.25, 0.3) is 11.4 Å². The van der Waals surface area contributed by atoms with E-state index in [4.69, 9.17) is 10.00 Å². The number of hydrogen-bond donors (Lipinski definition) is 0. The third-order valence-electron chi connectivity index (χ3n) is 2.54. The molecule has 6 heteroatoms. The molecule has 0 radical (unpaired) electrons. The molecular weight excluding hydrogens is 301 g/mol. The van der Waals surface area contributed by atoms with Crippen LogP contribution in [0.1, 0.15) is 5.69 Å². The van der Waals surface area contributed by atoms with Gasteiger partial charge in [0.25, 0.3) is 0 Å². The topological polar surface area (TPSA) is 50.8 Å². The Balaban J connectivity index is 2.56. The first-order valence-corrected chi connectivity index (χ1v) is 5.84. The molecule has 0 saturated heterocycles. The van der Waals surface area contributed by atoms with Crippen molar-refractivity contribution in [3.05, 3.63) is 34.3 Å². The molecule has 0 aliphatic rings. The normalized spacial score (nSPS) is 10.2. The fourth-order valence-electron chi connectivity index (χ4n) is 1.61. The van der Waals surface area contributed by atoms with Crippen molar-refractivity contribution < 1.29 is 9.13 Å². The molecule has 0 amide bonds. The van der Waals surface area contributed by atoms with Gasteiger partial charge in [-0.05, 0) is 34.1 Å². The van der Waals surface area contributed by atoms with Gasteiger partial charge in [0, 0.05) is 12.6 Å². The summed E-state index contributed by atoms with van der Waals surface area (Å²) >= 11 is 3.26. The van der Waals surface area contributed by atoms with Crippen LogP contribution < -0.4 is 4.74 Å². The molecule has 0 bridgehead atoms. The summed E-state index contributed by atoms with van der Waals surface area (Å²) in [7, 11) is 3.15. The molecule has 0 saturated carbocycles. The lowest BCUT2D eigenvalue weighted by molar-refractivity contribution is 0.386. The largest absolute Gasteiger partial charge is 0.494 e. The quantitative estimate of drug-likeness (QED) is 0.857. The third kappa shape index (κ3) is 1.97. The molecule has 2 rings (SSSR count). The highest BCUT2D eigenvalue weighted by molar-refractivity contribution is 9.10. The van der Waals surface area contributed by atoms with Crippen molar-refractivity contribution in [3.8, 4) is 23.2 Å². The van der Waals surface area contributed by atoms with E-state index in [0.29, 0.717) is 16.0 Å². The molecule has 0 unspecified atom stereocenters. The number of hydrogen-bond acceptors (Lipinski definition) is 3. The fourth-order valence-corrected chi connectivity index (χ4v) is 1.96. The number of halogens is 2. The summed E-state index contributed by atoms with van der Waals surface area (Å²) in [5, 5.41) is 8.89. The van der Waals surface area contributed by atoms with E-state index in [1.165, 1.54) is 19.2 Å². The van der Waals surface area contributed by atoms with Gasteiger partial charge >= 0.3 is 0 Å². The van der Waals surface area contributed by atoms with Crippen LogP contribution >= 0.6 is 15.9 Å². The zero-order chi connectivity index (χ0) is 13.3. The van der Waals surface area contributed by atoms with Gasteiger partial charge in [-0.3, -0.25) is 0 Å². The van der Waals surface area contributed by atoms with E-state index >= 15 is 0 Å². The Morgan fingerprint density at radius 3 is 2.72 bits per heavy atom. The van der Waals surface area contributed by atoms with Crippen LogP contribution in [0.5, 0.6) is 5.75 Å². The third-order valence-corrected chi connectivity index (χ3v) is 3.45. The summed E-state index contributed by atoms with van der Waals surface area (Å²) in [5.74, 6) is 0.222. The summed E-state index contributed by atoms with van der Waals surface area (Å²) in [6, 6.07) is 6.51. The zero-order valence-electron chi connectivity index (χ0n) is 9.74. The van der Waals surface area contributed by atoms with E-state index in [0.717, 1.165) is 0 Å². The van der Waals surface area contributed by atoms with Crippen molar-refractivity contribution >= 4 is 15.9 Å². The van der Waals surface area contributed by atoms with Gasteiger partial charge in [-0.15, -0.1) is 0 Å². The van der Waals surface area contributed by atoms with Crippen LogP contribution in [-0.2, 0) is 7.05 Å². The summed E-state index contributed by atoms with van der Waals surface area (Å²) < 4.78 is 20.7. The van der Waals surface area contributed by atoms with Crippen LogP contribution in [0.15, 0.2) is 22.8 Å². The molecule has 1 aromatic carbocycles. The average Bonchev–Trinajstić information content (AvgIpc) is 2.66. The number of rotatable bonds is 2. The lowest BCUT2D eigenvalue weighted by atomic mass is 10.2. The molecule has 0 aliphatic carbocycles. The predicted molar refractivity (Wildman–Crippen MR) is 67.6 cm³/mol. The molecule has 1 aromatic heterocycles. The summed E-state index contributed by atoms with van der Waals surface area (Å²) in [4.78, 5) is 4.14. The standard InChI is InChI=1S/C12H9BrFN3O/c1-17-11(13)9(6-15)16-12(17)7-3-4-10(18-2)8(14)5-7/h3-5H,1-2H3. The zero-order valence-corrected chi connectivity index (χ0v) is 11.3. The number of benzene rings is 1. The van der Waals surface area contributed by atoms with Crippen molar-refractivity contribution in [3.63, 3.8) is 0 Å². The van der Waals surface area contributed by atoms with E-state index in [-0.39, 0.29) is 11.4 Å². The molecular formula is C12H9BrFN3O. The van der Waals surface area contributed by atoms with E-state index in [1.807, 2.05) is 6.07 Å². The second kappa shape index (κ2) is 4.78. The Morgan fingerprint density at radius 1 is 1.50 bits per heavy atom. The molecule has 4 nitrogen and oxygen atoms in total. The Hall–Kier alpha value is -1.87. The Kier molecular flexibility index (Phi) is 3.34. The maximum atomic E-state index is 13.6. The SMILES string of the molecule is COc1ccc(-c2nc(C#N)c(Br)n2C)cc1F. The molecule has 0 aliphatic heterocycles. The van der Waals surface area contributed by atoms with Crippen LogP contribution in [0.2, 0.25) is 0 Å².